The van der Waals surface area contributed by atoms with Gasteiger partial charge in [0.2, 0.25) is 0 Å². The predicted octanol–water partition coefficient (Wildman–Crippen LogP) is 1.44. The molecule has 1 atom stereocenters. The summed E-state index contributed by atoms with van der Waals surface area (Å²) in [6, 6.07) is 5.72. The molecule has 0 saturated carbocycles. The number of nitrogens with one attached hydrogen (secondary N) is 1. The van der Waals surface area contributed by atoms with E-state index in [1.165, 1.54) is 7.11 Å². The van der Waals surface area contributed by atoms with Crippen molar-refractivity contribution >= 4 is 5.97 Å². The smallest absolute Gasteiger partial charge is 0.338 e. The van der Waals surface area contributed by atoms with Crippen molar-refractivity contribution in [3.05, 3.63) is 34.9 Å². The van der Waals surface area contributed by atoms with Gasteiger partial charge >= 0.3 is 5.97 Å². The van der Waals surface area contributed by atoms with Crippen LogP contribution < -0.4 is 5.32 Å². The van der Waals surface area contributed by atoms with E-state index in [4.69, 9.17) is 9.47 Å². The molecule has 1 saturated heterocycles. The Labute approximate surface area is 101 Å². The molecule has 1 fully saturated rings. The van der Waals surface area contributed by atoms with Crippen LogP contribution in [0.5, 0.6) is 0 Å². The van der Waals surface area contributed by atoms with Crippen LogP contribution in [0.25, 0.3) is 0 Å². The lowest BCUT2D eigenvalue weighted by Crippen LogP contribution is -2.33. The average Bonchev–Trinajstić information content (AvgIpc) is 2.39. The molecular formula is C13H17NO3. The van der Waals surface area contributed by atoms with Crippen LogP contribution in [-0.2, 0) is 9.47 Å². The third kappa shape index (κ3) is 2.65. The minimum absolute atomic E-state index is 0.0779. The van der Waals surface area contributed by atoms with Crippen LogP contribution in [0, 0.1) is 6.92 Å². The fraction of sp³-hybridized carbons (Fsp3) is 0.462. The summed E-state index contributed by atoms with van der Waals surface area (Å²) >= 11 is 0. The molecule has 0 bridgehead atoms. The molecule has 0 aliphatic carbocycles. The van der Waals surface area contributed by atoms with Crippen molar-refractivity contribution in [3.63, 3.8) is 0 Å². The molecule has 0 radical (unpaired) electrons. The zero-order valence-corrected chi connectivity index (χ0v) is 10.2. The maximum absolute atomic E-state index is 11.5. The summed E-state index contributed by atoms with van der Waals surface area (Å²) in [5.41, 5.74) is 2.63. The molecule has 92 valence electrons. The van der Waals surface area contributed by atoms with Gasteiger partial charge in [-0.15, -0.1) is 0 Å². The molecule has 1 aromatic carbocycles. The number of carbonyl (C=O) groups is 1. The fourth-order valence-electron chi connectivity index (χ4n) is 2.01. The number of rotatable bonds is 2. The number of hydrogen-bond acceptors (Lipinski definition) is 4. The Morgan fingerprint density at radius 1 is 1.53 bits per heavy atom. The van der Waals surface area contributed by atoms with Gasteiger partial charge in [-0.2, -0.15) is 0 Å². The minimum Gasteiger partial charge on any atom is -0.465 e. The maximum atomic E-state index is 11.5. The summed E-state index contributed by atoms with van der Waals surface area (Å²) in [5.74, 6) is -0.295. The third-order valence-electron chi connectivity index (χ3n) is 2.96. The first-order valence-electron chi connectivity index (χ1n) is 5.73. The number of carbonyl (C=O) groups excluding carboxylic acids is 1. The first-order valence-corrected chi connectivity index (χ1v) is 5.73. The van der Waals surface area contributed by atoms with E-state index >= 15 is 0 Å². The first-order chi connectivity index (χ1) is 8.22. The lowest BCUT2D eigenvalue weighted by Gasteiger charge is -2.24. The van der Waals surface area contributed by atoms with Crippen molar-refractivity contribution in [1.29, 1.82) is 0 Å². The second-order valence-electron chi connectivity index (χ2n) is 4.13. The number of methoxy groups -OCH3 is 1. The highest BCUT2D eigenvalue weighted by Crippen LogP contribution is 2.21. The molecule has 1 aromatic rings. The maximum Gasteiger partial charge on any atom is 0.338 e. The molecule has 1 N–H and O–H groups in total. The SMILES string of the molecule is COC(=O)c1ccc([C@H]2CNCCO2)cc1C. The molecule has 0 unspecified atom stereocenters. The second kappa shape index (κ2) is 5.29. The van der Waals surface area contributed by atoms with Crippen molar-refractivity contribution in [2.75, 3.05) is 26.8 Å². The molecule has 4 nitrogen and oxygen atoms in total. The van der Waals surface area contributed by atoms with Gasteiger partial charge in [0.25, 0.3) is 0 Å². The van der Waals surface area contributed by atoms with Gasteiger partial charge < -0.3 is 14.8 Å². The van der Waals surface area contributed by atoms with Gasteiger partial charge in [0.15, 0.2) is 0 Å². The van der Waals surface area contributed by atoms with Crippen molar-refractivity contribution in [2.45, 2.75) is 13.0 Å². The Morgan fingerprint density at radius 3 is 2.94 bits per heavy atom. The third-order valence-corrected chi connectivity index (χ3v) is 2.96. The van der Waals surface area contributed by atoms with Gasteiger partial charge in [-0.3, -0.25) is 0 Å². The van der Waals surface area contributed by atoms with E-state index in [1.54, 1.807) is 6.07 Å². The molecule has 1 aliphatic heterocycles. The lowest BCUT2D eigenvalue weighted by molar-refractivity contribution is 0.0276. The largest absolute Gasteiger partial charge is 0.465 e. The standard InChI is InChI=1S/C13H17NO3/c1-9-7-10(12-8-14-5-6-17-12)3-4-11(9)13(15)16-2/h3-4,7,12,14H,5-6,8H2,1-2H3/t12-/m1/s1. The van der Waals surface area contributed by atoms with Gasteiger partial charge in [0.05, 0.1) is 25.4 Å². The molecule has 1 heterocycles. The summed E-state index contributed by atoms with van der Waals surface area (Å²) in [5, 5.41) is 3.28. The molecular weight excluding hydrogens is 218 g/mol. The quantitative estimate of drug-likeness (QED) is 0.788. The van der Waals surface area contributed by atoms with Gasteiger partial charge in [-0.25, -0.2) is 4.79 Å². The van der Waals surface area contributed by atoms with Crippen molar-refractivity contribution < 1.29 is 14.3 Å². The summed E-state index contributed by atoms with van der Waals surface area (Å²) in [4.78, 5) is 11.5. The van der Waals surface area contributed by atoms with E-state index < -0.39 is 0 Å². The summed E-state index contributed by atoms with van der Waals surface area (Å²) in [6.45, 7) is 4.35. The monoisotopic (exact) mass is 235 g/mol. The van der Waals surface area contributed by atoms with Crippen molar-refractivity contribution in [1.82, 2.24) is 5.32 Å². The Bertz CT molecular complexity index is 411. The number of benzene rings is 1. The fourth-order valence-corrected chi connectivity index (χ4v) is 2.01. The molecule has 1 aliphatic rings. The molecule has 0 amide bonds. The van der Waals surface area contributed by atoms with Crippen LogP contribution in [0.2, 0.25) is 0 Å². The van der Waals surface area contributed by atoms with Gasteiger partial charge in [0.1, 0.15) is 0 Å². The van der Waals surface area contributed by atoms with E-state index in [-0.39, 0.29) is 12.1 Å². The van der Waals surface area contributed by atoms with Gasteiger partial charge in [-0.05, 0) is 24.1 Å². The second-order valence-corrected chi connectivity index (χ2v) is 4.13. The number of hydrogen-bond donors (Lipinski definition) is 1. The highest BCUT2D eigenvalue weighted by atomic mass is 16.5. The zero-order valence-electron chi connectivity index (χ0n) is 10.2. The topological polar surface area (TPSA) is 47.6 Å². The molecule has 0 spiro atoms. The number of aryl methyl sites for hydroxylation is 1. The van der Waals surface area contributed by atoms with Crippen LogP contribution in [0.4, 0.5) is 0 Å². The molecule has 2 rings (SSSR count). The van der Waals surface area contributed by atoms with Crippen molar-refractivity contribution in [2.24, 2.45) is 0 Å². The zero-order chi connectivity index (χ0) is 12.3. The summed E-state index contributed by atoms with van der Waals surface area (Å²) in [7, 11) is 1.39. The van der Waals surface area contributed by atoms with E-state index in [9.17, 15) is 4.79 Å². The Balaban J connectivity index is 2.20. The van der Waals surface area contributed by atoms with Crippen LogP contribution in [-0.4, -0.2) is 32.8 Å². The molecule has 0 aromatic heterocycles. The normalized spacial score (nSPS) is 20.0. The number of ether oxygens (including phenoxy) is 2. The highest BCUT2D eigenvalue weighted by molar-refractivity contribution is 5.90. The Morgan fingerprint density at radius 2 is 2.35 bits per heavy atom. The van der Waals surface area contributed by atoms with Crippen LogP contribution >= 0.6 is 0 Å². The first kappa shape index (κ1) is 12.1. The van der Waals surface area contributed by atoms with Gasteiger partial charge in [0, 0.05) is 13.1 Å². The van der Waals surface area contributed by atoms with Crippen LogP contribution in [0.3, 0.4) is 0 Å². The van der Waals surface area contributed by atoms with Crippen LogP contribution in [0.1, 0.15) is 27.6 Å². The highest BCUT2D eigenvalue weighted by Gasteiger charge is 2.17. The summed E-state index contributed by atoms with van der Waals surface area (Å²) < 4.78 is 10.4. The van der Waals surface area contributed by atoms with Gasteiger partial charge in [-0.1, -0.05) is 12.1 Å². The average molecular weight is 235 g/mol. The van der Waals surface area contributed by atoms with E-state index in [1.807, 2.05) is 19.1 Å². The minimum atomic E-state index is -0.295. The van der Waals surface area contributed by atoms with Crippen LogP contribution in [0.15, 0.2) is 18.2 Å². The lowest BCUT2D eigenvalue weighted by atomic mass is 10.0. The Hall–Kier alpha value is -1.39. The predicted molar refractivity (Wildman–Crippen MR) is 64.1 cm³/mol. The van der Waals surface area contributed by atoms with E-state index in [2.05, 4.69) is 5.32 Å². The Kier molecular flexibility index (Phi) is 3.76. The molecule has 4 heteroatoms. The number of morpholine rings is 1. The summed E-state index contributed by atoms with van der Waals surface area (Å²) in [6.07, 6.45) is 0.0779. The van der Waals surface area contributed by atoms with E-state index in [0.29, 0.717) is 5.56 Å². The molecule has 17 heavy (non-hydrogen) atoms. The van der Waals surface area contributed by atoms with Crippen molar-refractivity contribution in [3.8, 4) is 0 Å². The van der Waals surface area contributed by atoms with E-state index in [0.717, 1.165) is 30.8 Å². The number of esters is 1.